The molecule has 0 aliphatic heterocycles. The Morgan fingerprint density at radius 2 is 1.94 bits per heavy atom. The van der Waals surface area contributed by atoms with Crippen molar-refractivity contribution in [3.63, 3.8) is 0 Å². The molecule has 1 heterocycles. The molecule has 17 heavy (non-hydrogen) atoms. The Hall–Kier alpha value is -2.22. The van der Waals surface area contributed by atoms with E-state index in [0.29, 0.717) is 5.56 Å². The molecule has 2 nitrogen and oxygen atoms in total. The van der Waals surface area contributed by atoms with Crippen molar-refractivity contribution in [1.82, 2.24) is 4.98 Å². The average molecular weight is 223 g/mol. The van der Waals surface area contributed by atoms with E-state index in [0.717, 1.165) is 11.1 Å². The highest BCUT2D eigenvalue weighted by Gasteiger charge is 2.00. The van der Waals surface area contributed by atoms with Gasteiger partial charge in [0.1, 0.15) is 0 Å². The van der Waals surface area contributed by atoms with Gasteiger partial charge in [0.15, 0.2) is 5.78 Å². The van der Waals surface area contributed by atoms with Gasteiger partial charge in [-0.05, 0) is 30.7 Å². The van der Waals surface area contributed by atoms with E-state index in [1.165, 1.54) is 0 Å². The van der Waals surface area contributed by atoms with Gasteiger partial charge in [0.05, 0.1) is 0 Å². The fraction of sp³-hybridized carbons (Fsp3) is 0.0667. The van der Waals surface area contributed by atoms with E-state index in [4.69, 9.17) is 0 Å². The number of aromatic nitrogens is 1. The molecular formula is C15H13NO. The summed E-state index contributed by atoms with van der Waals surface area (Å²) in [6.45, 7) is 2.00. The van der Waals surface area contributed by atoms with Gasteiger partial charge >= 0.3 is 0 Å². The lowest BCUT2D eigenvalue weighted by atomic mass is 10.1. The van der Waals surface area contributed by atoms with Gasteiger partial charge in [-0.25, -0.2) is 0 Å². The molecule has 0 bridgehead atoms. The summed E-state index contributed by atoms with van der Waals surface area (Å²) in [6.07, 6.45) is 6.77. The third kappa shape index (κ3) is 3.11. The Kier molecular flexibility index (Phi) is 3.46. The van der Waals surface area contributed by atoms with E-state index in [-0.39, 0.29) is 5.78 Å². The molecule has 0 fully saturated rings. The lowest BCUT2D eigenvalue weighted by Crippen LogP contribution is -1.93. The number of rotatable bonds is 3. The lowest BCUT2D eigenvalue weighted by molar-refractivity contribution is 0.104. The summed E-state index contributed by atoms with van der Waals surface area (Å²) in [4.78, 5) is 15.8. The molecule has 0 radical (unpaired) electrons. The van der Waals surface area contributed by atoms with E-state index < -0.39 is 0 Å². The predicted molar refractivity (Wildman–Crippen MR) is 68.8 cm³/mol. The molecule has 0 spiro atoms. The second kappa shape index (κ2) is 5.21. The van der Waals surface area contributed by atoms with Crippen molar-refractivity contribution in [2.45, 2.75) is 6.92 Å². The summed E-state index contributed by atoms with van der Waals surface area (Å²) in [5, 5.41) is 0. The maximum atomic E-state index is 11.8. The average Bonchev–Trinajstić information content (AvgIpc) is 2.38. The van der Waals surface area contributed by atoms with Crippen LogP contribution in [0, 0.1) is 6.92 Å². The molecule has 0 N–H and O–H groups in total. The predicted octanol–water partition coefficient (Wildman–Crippen LogP) is 3.29. The second-order valence-electron chi connectivity index (χ2n) is 3.85. The van der Waals surface area contributed by atoms with Crippen LogP contribution in [0.5, 0.6) is 0 Å². The Morgan fingerprint density at radius 3 is 2.59 bits per heavy atom. The molecule has 0 saturated carbocycles. The molecule has 0 amide bonds. The summed E-state index contributed by atoms with van der Waals surface area (Å²) in [6, 6.07) is 11.3. The minimum Gasteiger partial charge on any atom is -0.289 e. The number of aryl methyl sites for hydroxylation is 1. The molecule has 2 aromatic rings. The molecule has 0 aliphatic carbocycles. The van der Waals surface area contributed by atoms with Crippen LogP contribution in [0.4, 0.5) is 0 Å². The first-order valence-electron chi connectivity index (χ1n) is 5.45. The molecule has 2 rings (SSSR count). The van der Waals surface area contributed by atoms with Gasteiger partial charge in [0.2, 0.25) is 0 Å². The number of hydrogen-bond acceptors (Lipinski definition) is 2. The van der Waals surface area contributed by atoms with Gasteiger partial charge in [-0.15, -0.1) is 0 Å². The number of ketones is 1. The van der Waals surface area contributed by atoms with Crippen LogP contribution in [-0.2, 0) is 0 Å². The Balaban J connectivity index is 2.12. The number of allylic oxidation sites excluding steroid dienone is 1. The first kappa shape index (κ1) is 11.3. The van der Waals surface area contributed by atoms with Crippen LogP contribution in [0.25, 0.3) is 6.08 Å². The number of pyridine rings is 1. The monoisotopic (exact) mass is 223 g/mol. The third-order valence-corrected chi connectivity index (χ3v) is 2.45. The first-order valence-corrected chi connectivity index (χ1v) is 5.45. The third-order valence-electron chi connectivity index (χ3n) is 2.45. The quantitative estimate of drug-likeness (QED) is 0.590. The van der Waals surface area contributed by atoms with Crippen LogP contribution in [0.3, 0.4) is 0 Å². The molecule has 1 aromatic heterocycles. The minimum absolute atomic E-state index is 0.00820. The number of carbonyl (C=O) groups is 1. The summed E-state index contributed by atoms with van der Waals surface area (Å²) < 4.78 is 0. The smallest absolute Gasteiger partial charge is 0.185 e. The molecule has 0 unspecified atom stereocenters. The summed E-state index contributed by atoms with van der Waals surface area (Å²) in [5.41, 5.74) is 2.78. The normalized spacial score (nSPS) is 10.6. The zero-order valence-electron chi connectivity index (χ0n) is 9.63. The van der Waals surface area contributed by atoms with Crippen LogP contribution in [0.15, 0.2) is 54.9 Å². The van der Waals surface area contributed by atoms with Crippen LogP contribution in [0.2, 0.25) is 0 Å². The number of hydrogen-bond donors (Lipinski definition) is 0. The first-order chi connectivity index (χ1) is 8.25. The van der Waals surface area contributed by atoms with E-state index >= 15 is 0 Å². The van der Waals surface area contributed by atoms with Crippen LogP contribution >= 0.6 is 0 Å². The van der Waals surface area contributed by atoms with Crippen molar-refractivity contribution in [1.29, 1.82) is 0 Å². The van der Waals surface area contributed by atoms with Crippen molar-refractivity contribution < 1.29 is 4.79 Å². The van der Waals surface area contributed by atoms with Gasteiger partial charge in [0.25, 0.3) is 0 Å². The lowest BCUT2D eigenvalue weighted by Gasteiger charge is -1.96. The second-order valence-corrected chi connectivity index (χ2v) is 3.85. The fourth-order valence-corrected chi connectivity index (χ4v) is 1.46. The highest BCUT2D eigenvalue weighted by Crippen LogP contribution is 2.06. The summed E-state index contributed by atoms with van der Waals surface area (Å²) >= 11 is 0. The van der Waals surface area contributed by atoms with Gasteiger partial charge in [0, 0.05) is 18.0 Å². The van der Waals surface area contributed by atoms with E-state index in [1.807, 2.05) is 43.3 Å². The molecule has 0 atom stereocenters. The largest absolute Gasteiger partial charge is 0.289 e. The summed E-state index contributed by atoms with van der Waals surface area (Å²) in [5.74, 6) is 0.00820. The SMILES string of the molecule is Cc1ccc(C(=O)/C=C/c2cccnc2)cc1. The molecule has 0 aliphatic rings. The van der Waals surface area contributed by atoms with Gasteiger partial charge in [-0.3, -0.25) is 9.78 Å². The number of carbonyl (C=O) groups excluding carboxylic acids is 1. The van der Waals surface area contributed by atoms with Gasteiger partial charge in [-0.1, -0.05) is 35.9 Å². The van der Waals surface area contributed by atoms with Crippen LogP contribution < -0.4 is 0 Å². The molecule has 84 valence electrons. The topological polar surface area (TPSA) is 30.0 Å². The Labute approximate surface area is 101 Å². The number of nitrogens with zero attached hydrogens (tertiary/aromatic N) is 1. The van der Waals surface area contributed by atoms with Crippen molar-refractivity contribution in [3.05, 3.63) is 71.6 Å². The van der Waals surface area contributed by atoms with Crippen LogP contribution in [0.1, 0.15) is 21.5 Å². The zero-order chi connectivity index (χ0) is 12.1. The van der Waals surface area contributed by atoms with Crippen LogP contribution in [-0.4, -0.2) is 10.8 Å². The molecule has 0 saturated heterocycles. The van der Waals surface area contributed by atoms with Crippen molar-refractivity contribution >= 4 is 11.9 Å². The van der Waals surface area contributed by atoms with Crippen molar-refractivity contribution in [2.75, 3.05) is 0 Å². The summed E-state index contributed by atoms with van der Waals surface area (Å²) in [7, 11) is 0. The highest BCUT2D eigenvalue weighted by atomic mass is 16.1. The van der Waals surface area contributed by atoms with Crippen molar-refractivity contribution in [2.24, 2.45) is 0 Å². The number of benzene rings is 1. The van der Waals surface area contributed by atoms with E-state index in [1.54, 1.807) is 24.5 Å². The van der Waals surface area contributed by atoms with E-state index in [9.17, 15) is 4.79 Å². The minimum atomic E-state index is 0.00820. The van der Waals surface area contributed by atoms with Gasteiger partial charge < -0.3 is 0 Å². The Morgan fingerprint density at radius 1 is 1.18 bits per heavy atom. The van der Waals surface area contributed by atoms with Crippen molar-refractivity contribution in [3.8, 4) is 0 Å². The maximum absolute atomic E-state index is 11.8. The Bertz CT molecular complexity index is 527. The molecule has 1 aromatic carbocycles. The standard InChI is InChI=1S/C15H13NO/c1-12-4-7-14(8-5-12)15(17)9-6-13-3-2-10-16-11-13/h2-11H,1H3/b9-6+. The molecular weight excluding hydrogens is 210 g/mol. The maximum Gasteiger partial charge on any atom is 0.185 e. The highest BCUT2D eigenvalue weighted by molar-refractivity contribution is 6.06. The van der Waals surface area contributed by atoms with Gasteiger partial charge in [-0.2, -0.15) is 0 Å². The fourth-order valence-electron chi connectivity index (χ4n) is 1.46. The van der Waals surface area contributed by atoms with E-state index in [2.05, 4.69) is 4.98 Å². The molecule has 2 heteroatoms. The zero-order valence-corrected chi connectivity index (χ0v) is 9.63.